The number of benzene rings is 1. The molecular formula is C10H8F5NO2S. The van der Waals surface area contributed by atoms with Crippen LogP contribution in [0.25, 0.3) is 0 Å². The Balaban J connectivity index is 2.69. The maximum Gasteiger partial charge on any atom is 0.249 e. The average molecular weight is 301 g/mol. The van der Waals surface area contributed by atoms with Gasteiger partial charge >= 0.3 is 0 Å². The van der Waals surface area contributed by atoms with E-state index in [1.54, 1.807) is 0 Å². The summed E-state index contributed by atoms with van der Waals surface area (Å²) in [6.07, 6.45) is 0.934. The van der Waals surface area contributed by atoms with Crippen molar-refractivity contribution in [2.24, 2.45) is 0 Å². The molecule has 0 atom stereocenters. The zero-order valence-corrected chi connectivity index (χ0v) is 10.2. The van der Waals surface area contributed by atoms with E-state index in [9.17, 15) is 30.4 Å². The SMILES string of the molecule is O=S(=O)(c1c(F)c(F)c(F)c(F)c1F)N1CCCC1. The van der Waals surface area contributed by atoms with Crippen LogP contribution in [0, 0.1) is 29.1 Å². The van der Waals surface area contributed by atoms with Crippen molar-refractivity contribution >= 4 is 10.0 Å². The van der Waals surface area contributed by atoms with Gasteiger partial charge in [-0.25, -0.2) is 30.4 Å². The molecule has 2 rings (SSSR count). The van der Waals surface area contributed by atoms with Crippen molar-refractivity contribution in [2.45, 2.75) is 17.7 Å². The molecule has 106 valence electrons. The second kappa shape index (κ2) is 4.71. The van der Waals surface area contributed by atoms with Crippen LogP contribution in [0.15, 0.2) is 4.90 Å². The molecule has 1 aliphatic rings. The molecule has 1 fully saturated rings. The lowest BCUT2D eigenvalue weighted by molar-refractivity contribution is 0.353. The fourth-order valence-electron chi connectivity index (χ4n) is 1.87. The van der Waals surface area contributed by atoms with E-state index in [1.807, 2.05) is 0 Å². The van der Waals surface area contributed by atoms with E-state index in [0.717, 1.165) is 0 Å². The molecule has 1 aromatic rings. The van der Waals surface area contributed by atoms with Crippen LogP contribution in [0.5, 0.6) is 0 Å². The van der Waals surface area contributed by atoms with Gasteiger partial charge in [-0.3, -0.25) is 0 Å². The highest BCUT2D eigenvalue weighted by Gasteiger charge is 2.37. The van der Waals surface area contributed by atoms with Gasteiger partial charge in [0, 0.05) is 13.1 Å². The molecular weight excluding hydrogens is 293 g/mol. The molecule has 19 heavy (non-hydrogen) atoms. The summed E-state index contributed by atoms with van der Waals surface area (Å²) in [5, 5.41) is 0. The molecule has 9 heteroatoms. The van der Waals surface area contributed by atoms with E-state index in [4.69, 9.17) is 0 Å². The minimum atomic E-state index is -4.73. The van der Waals surface area contributed by atoms with Gasteiger partial charge in [0.2, 0.25) is 15.8 Å². The fourth-order valence-corrected chi connectivity index (χ4v) is 3.50. The summed E-state index contributed by atoms with van der Waals surface area (Å²) in [7, 11) is -4.73. The van der Waals surface area contributed by atoms with Gasteiger partial charge in [0.15, 0.2) is 28.2 Å². The van der Waals surface area contributed by atoms with Crippen molar-refractivity contribution in [1.29, 1.82) is 0 Å². The zero-order chi connectivity index (χ0) is 14.4. The molecule has 0 aromatic heterocycles. The van der Waals surface area contributed by atoms with Crippen molar-refractivity contribution < 1.29 is 30.4 Å². The predicted octanol–water partition coefficient (Wildman–Crippen LogP) is 2.17. The first-order chi connectivity index (χ1) is 8.78. The van der Waals surface area contributed by atoms with Crippen LogP contribution in [0.3, 0.4) is 0 Å². The lowest BCUT2D eigenvalue weighted by Crippen LogP contribution is -2.30. The Bertz CT molecular complexity index is 596. The zero-order valence-electron chi connectivity index (χ0n) is 9.39. The highest BCUT2D eigenvalue weighted by atomic mass is 32.2. The number of hydrogen-bond donors (Lipinski definition) is 0. The molecule has 1 heterocycles. The summed E-state index contributed by atoms with van der Waals surface area (Å²) in [4.78, 5) is -1.79. The molecule has 0 unspecified atom stereocenters. The molecule has 0 saturated carbocycles. The molecule has 3 nitrogen and oxygen atoms in total. The number of nitrogens with zero attached hydrogens (tertiary/aromatic N) is 1. The van der Waals surface area contributed by atoms with Crippen LogP contribution >= 0.6 is 0 Å². The minimum absolute atomic E-state index is 0.0121. The maximum atomic E-state index is 13.4. The third-order valence-corrected chi connectivity index (χ3v) is 4.75. The van der Waals surface area contributed by atoms with Crippen LogP contribution in [0.4, 0.5) is 22.0 Å². The molecule has 0 spiro atoms. The largest absolute Gasteiger partial charge is 0.249 e. The Morgan fingerprint density at radius 1 is 0.737 bits per heavy atom. The Morgan fingerprint density at radius 2 is 1.11 bits per heavy atom. The molecule has 1 aromatic carbocycles. The van der Waals surface area contributed by atoms with Crippen molar-refractivity contribution in [2.75, 3.05) is 13.1 Å². The predicted molar refractivity (Wildman–Crippen MR) is 54.2 cm³/mol. The number of hydrogen-bond acceptors (Lipinski definition) is 2. The Hall–Kier alpha value is -1.22. The summed E-state index contributed by atoms with van der Waals surface area (Å²) in [5.74, 6) is -11.6. The van der Waals surface area contributed by atoms with E-state index >= 15 is 0 Å². The lowest BCUT2D eigenvalue weighted by Gasteiger charge is -2.17. The number of halogens is 5. The highest BCUT2D eigenvalue weighted by Crippen LogP contribution is 2.30. The fraction of sp³-hybridized carbons (Fsp3) is 0.400. The van der Waals surface area contributed by atoms with Gasteiger partial charge in [-0.05, 0) is 12.8 Å². The monoisotopic (exact) mass is 301 g/mol. The van der Waals surface area contributed by atoms with Gasteiger partial charge in [-0.15, -0.1) is 0 Å². The molecule has 0 bridgehead atoms. The standard InChI is InChI=1S/C10H8F5NO2S/c11-5-6(12)8(14)10(9(15)7(5)13)19(17,18)16-3-1-2-4-16/h1-4H2. The first kappa shape index (κ1) is 14.2. The lowest BCUT2D eigenvalue weighted by atomic mass is 10.3. The third kappa shape index (κ3) is 2.10. The molecule has 0 radical (unpaired) electrons. The van der Waals surface area contributed by atoms with E-state index in [0.29, 0.717) is 17.1 Å². The van der Waals surface area contributed by atoms with E-state index in [2.05, 4.69) is 0 Å². The second-order valence-electron chi connectivity index (χ2n) is 4.01. The normalized spacial score (nSPS) is 17.1. The van der Waals surface area contributed by atoms with Crippen molar-refractivity contribution in [3.05, 3.63) is 29.1 Å². The van der Waals surface area contributed by atoms with Gasteiger partial charge in [0.05, 0.1) is 0 Å². The quantitative estimate of drug-likeness (QED) is 0.477. The van der Waals surface area contributed by atoms with Crippen LogP contribution in [0.1, 0.15) is 12.8 Å². The molecule has 0 amide bonds. The van der Waals surface area contributed by atoms with E-state index in [-0.39, 0.29) is 13.1 Å². The Morgan fingerprint density at radius 3 is 1.53 bits per heavy atom. The Labute approximate surface area is 105 Å². The average Bonchev–Trinajstić information content (AvgIpc) is 2.88. The number of sulfonamides is 1. The Kier molecular flexibility index (Phi) is 3.52. The number of rotatable bonds is 2. The third-order valence-electron chi connectivity index (χ3n) is 2.83. The molecule has 0 N–H and O–H groups in total. The maximum absolute atomic E-state index is 13.4. The minimum Gasteiger partial charge on any atom is -0.207 e. The van der Waals surface area contributed by atoms with Crippen LogP contribution in [-0.4, -0.2) is 25.8 Å². The van der Waals surface area contributed by atoms with Gasteiger partial charge in [0.25, 0.3) is 0 Å². The van der Waals surface area contributed by atoms with Gasteiger partial charge in [0.1, 0.15) is 0 Å². The van der Waals surface area contributed by atoms with Crippen LogP contribution in [-0.2, 0) is 10.0 Å². The summed E-state index contributed by atoms with van der Waals surface area (Å²) in [5.41, 5.74) is 0. The first-order valence-electron chi connectivity index (χ1n) is 5.30. The van der Waals surface area contributed by atoms with Crippen molar-refractivity contribution in [1.82, 2.24) is 4.31 Å². The van der Waals surface area contributed by atoms with Crippen LogP contribution < -0.4 is 0 Å². The molecule has 1 aliphatic heterocycles. The van der Waals surface area contributed by atoms with E-state index < -0.39 is 44.0 Å². The van der Waals surface area contributed by atoms with Gasteiger partial charge in [-0.2, -0.15) is 4.31 Å². The summed E-state index contributed by atoms with van der Waals surface area (Å²) in [6.45, 7) is -0.0242. The summed E-state index contributed by atoms with van der Waals surface area (Å²) in [6, 6.07) is 0. The highest BCUT2D eigenvalue weighted by molar-refractivity contribution is 7.89. The summed E-state index contributed by atoms with van der Waals surface area (Å²) < 4.78 is 90.1. The van der Waals surface area contributed by atoms with E-state index in [1.165, 1.54) is 0 Å². The topological polar surface area (TPSA) is 37.4 Å². The molecule has 1 saturated heterocycles. The van der Waals surface area contributed by atoms with Crippen molar-refractivity contribution in [3.63, 3.8) is 0 Å². The smallest absolute Gasteiger partial charge is 0.207 e. The van der Waals surface area contributed by atoms with Gasteiger partial charge in [-0.1, -0.05) is 0 Å². The summed E-state index contributed by atoms with van der Waals surface area (Å²) >= 11 is 0. The first-order valence-corrected chi connectivity index (χ1v) is 6.74. The van der Waals surface area contributed by atoms with Gasteiger partial charge < -0.3 is 0 Å². The van der Waals surface area contributed by atoms with Crippen molar-refractivity contribution in [3.8, 4) is 0 Å². The molecule has 0 aliphatic carbocycles. The second-order valence-corrected chi connectivity index (χ2v) is 5.89. The van der Waals surface area contributed by atoms with Crippen LogP contribution in [0.2, 0.25) is 0 Å².